The molecule has 0 spiro atoms. The normalized spacial score (nSPS) is 27.2. The molecule has 2 aromatic rings. The third-order valence-electron chi connectivity index (χ3n) is 6.10. The fourth-order valence-corrected chi connectivity index (χ4v) is 4.56. The molecule has 1 saturated carbocycles. The van der Waals surface area contributed by atoms with E-state index in [2.05, 4.69) is 60.1 Å². The molecule has 0 bridgehead atoms. The van der Waals surface area contributed by atoms with E-state index in [-0.39, 0.29) is 0 Å². The Kier molecular flexibility index (Phi) is 4.17. The maximum Gasteiger partial charge on any atom is 0.0454 e. The zero-order chi connectivity index (χ0) is 16.7. The first kappa shape index (κ1) is 15.8. The van der Waals surface area contributed by atoms with Crippen LogP contribution >= 0.6 is 0 Å². The van der Waals surface area contributed by atoms with Gasteiger partial charge >= 0.3 is 0 Å². The summed E-state index contributed by atoms with van der Waals surface area (Å²) in [5.74, 6) is 0.758. The van der Waals surface area contributed by atoms with E-state index in [1.54, 1.807) is 0 Å². The maximum absolute atomic E-state index is 4.59. The van der Waals surface area contributed by atoms with Crippen molar-refractivity contribution in [2.24, 2.45) is 0 Å². The monoisotopic (exact) mass is 320 g/mol. The lowest BCUT2D eigenvalue weighted by Crippen LogP contribution is -2.45. The minimum Gasteiger partial charge on any atom is -0.298 e. The maximum atomic E-state index is 4.59. The van der Waals surface area contributed by atoms with E-state index in [9.17, 15) is 0 Å². The van der Waals surface area contributed by atoms with Crippen LogP contribution in [0.15, 0.2) is 36.4 Å². The van der Waals surface area contributed by atoms with Gasteiger partial charge in [0, 0.05) is 29.0 Å². The number of aromatic nitrogens is 1. The van der Waals surface area contributed by atoms with Crippen molar-refractivity contribution >= 4 is 0 Å². The summed E-state index contributed by atoms with van der Waals surface area (Å²) in [7, 11) is 0. The van der Waals surface area contributed by atoms with E-state index in [4.69, 9.17) is 0 Å². The molecule has 0 unspecified atom stereocenters. The summed E-state index contributed by atoms with van der Waals surface area (Å²) < 4.78 is 0. The molecule has 1 aromatic carbocycles. The summed E-state index contributed by atoms with van der Waals surface area (Å²) in [4.78, 5) is 7.33. The molecule has 2 nitrogen and oxygen atoms in total. The predicted molar refractivity (Wildman–Crippen MR) is 100 cm³/mol. The van der Waals surface area contributed by atoms with Gasteiger partial charge in [-0.2, -0.15) is 0 Å². The van der Waals surface area contributed by atoms with Gasteiger partial charge in [0.2, 0.25) is 0 Å². The summed E-state index contributed by atoms with van der Waals surface area (Å²) in [5, 5.41) is 0. The van der Waals surface area contributed by atoms with Crippen molar-refractivity contribution in [3.05, 3.63) is 53.3 Å². The molecular formula is C22H28N2. The Morgan fingerprint density at radius 2 is 1.75 bits per heavy atom. The number of nitrogens with zero attached hydrogens (tertiary/aromatic N) is 2. The zero-order valence-corrected chi connectivity index (χ0v) is 15.1. The highest BCUT2D eigenvalue weighted by Gasteiger charge is 2.37. The largest absolute Gasteiger partial charge is 0.298 e. The van der Waals surface area contributed by atoms with Gasteiger partial charge in [-0.1, -0.05) is 30.3 Å². The molecule has 2 heterocycles. The van der Waals surface area contributed by atoms with Gasteiger partial charge < -0.3 is 0 Å². The average Bonchev–Trinajstić information content (AvgIpc) is 2.93. The van der Waals surface area contributed by atoms with E-state index in [0.717, 1.165) is 29.4 Å². The second kappa shape index (κ2) is 6.33. The Hall–Kier alpha value is -1.67. The van der Waals surface area contributed by atoms with Crippen molar-refractivity contribution in [1.82, 2.24) is 9.88 Å². The van der Waals surface area contributed by atoms with Crippen LogP contribution in [-0.4, -0.2) is 28.5 Å². The second-order valence-corrected chi connectivity index (χ2v) is 7.76. The molecule has 2 fully saturated rings. The summed E-state index contributed by atoms with van der Waals surface area (Å²) in [6.07, 6.45) is 5.46. The Morgan fingerprint density at radius 3 is 2.38 bits per heavy atom. The van der Waals surface area contributed by atoms with Crippen molar-refractivity contribution < 1.29 is 0 Å². The first-order valence-electron chi connectivity index (χ1n) is 9.42. The smallest absolute Gasteiger partial charge is 0.0454 e. The molecule has 1 aliphatic heterocycles. The van der Waals surface area contributed by atoms with Gasteiger partial charge in [0.1, 0.15) is 0 Å². The molecule has 0 amide bonds. The van der Waals surface area contributed by atoms with Gasteiger partial charge in [0.25, 0.3) is 0 Å². The van der Waals surface area contributed by atoms with E-state index in [0.29, 0.717) is 0 Å². The van der Waals surface area contributed by atoms with E-state index in [1.807, 2.05) is 6.92 Å². The first-order chi connectivity index (χ1) is 11.6. The third-order valence-corrected chi connectivity index (χ3v) is 6.10. The summed E-state index contributed by atoms with van der Waals surface area (Å²) >= 11 is 0. The zero-order valence-electron chi connectivity index (χ0n) is 15.1. The molecule has 4 rings (SSSR count). The molecule has 1 atom stereocenters. The standard InChI is InChI=1S/C22H28N2/c1-15-6-11-22(17(3)23-15)19-9-7-18(8-10-19)20-13-21(14-20)24-12-4-5-16(24)2/h6-11,16,20-21H,4-5,12-14H2,1-3H3/t16-,20?,21?/m1/s1. The Bertz CT molecular complexity index is 713. The molecule has 126 valence electrons. The number of pyridine rings is 1. The van der Waals surface area contributed by atoms with Crippen LogP contribution in [0.5, 0.6) is 0 Å². The van der Waals surface area contributed by atoms with E-state index >= 15 is 0 Å². The van der Waals surface area contributed by atoms with E-state index < -0.39 is 0 Å². The molecule has 2 aliphatic rings. The predicted octanol–water partition coefficient (Wildman–Crippen LogP) is 5.10. The number of rotatable bonds is 3. The quantitative estimate of drug-likeness (QED) is 0.782. The lowest BCUT2D eigenvalue weighted by atomic mass is 9.74. The topological polar surface area (TPSA) is 16.1 Å². The van der Waals surface area contributed by atoms with Crippen LogP contribution < -0.4 is 0 Å². The van der Waals surface area contributed by atoms with Crippen LogP contribution in [0, 0.1) is 13.8 Å². The highest BCUT2D eigenvalue weighted by atomic mass is 15.2. The van der Waals surface area contributed by atoms with Gasteiger partial charge in [-0.3, -0.25) is 9.88 Å². The highest BCUT2D eigenvalue weighted by Crippen LogP contribution is 2.42. The lowest BCUT2D eigenvalue weighted by molar-refractivity contribution is 0.103. The molecular weight excluding hydrogens is 292 g/mol. The summed E-state index contributed by atoms with van der Waals surface area (Å²) in [6.45, 7) is 7.86. The number of hydrogen-bond acceptors (Lipinski definition) is 2. The first-order valence-corrected chi connectivity index (χ1v) is 9.42. The Morgan fingerprint density at radius 1 is 1.00 bits per heavy atom. The number of benzene rings is 1. The SMILES string of the molecule is Cc1ccc(-c2ccc(C3CC(N4CCC[C@H]4C)C3)cc2)c(C)n1. The Labute approximate surface area is 145 Å². The van der Waals surface area contributed by atoms with Crippen LogP contribution in [0.25, 0.3) is 11.1 Å². The Balaban J connectivity index is 1.43. The van der Waals surface area contributed by atoms with Gasteiger partial charge in [-0.05, 0) is 76.1 Å². The van der Waals surface area contributed by atoms with Crippen molar-refractivity contribution in [3.63, 3.8) is 0 Å². The summed E-state index contributed by atoms with van der Waals surface area (Å²) in [5.41, 5.74) is 6.26. The number of aryl methyl sites for hydroxylation is 2. The molecule has 24 heavy (non-hydrogen) atoms. The molecule has 1 aliphatic carbocycles. The lowest BCUT2D eigenvalue weighted by Gasteiger charge is -2.43. The molecule has 0 N–H and O–H groups in total. The van der Waals surface area contributed by atoms with E-state index in [1.165, 1.54) is 48.9 Å². The molecule has 1 aromatic heterocycles. The third kappa shape index (κ3) is 2.88. The average molecular weight is 320 g/mol. The van der Waals surface area contributed by atoms with Crippen LogP contribution in [0.3, 0.4) is 0 Å². The fraction of sp³-hybridized carbons (Fsp3) is 0.500. The molecule has 1 saturated heterocycles. The van der Waals surface area contributed by atoms with Crippen LogP contribution in [0.2, 0.25) is 0 Å². The van der Waals surface area contributed by atoms with Crippen LogP contribution in [0.1, 0.15) is 55.5 Å². The van der Waals surface area contributed by atoms with Crippen LogP contribution in [0.4, 0.5) is 0 Å². The van der Waals surface area contributed by atoms with Gasteiger partial charge in [-0.15, -0.1) is 0 Å². The van der Waals surface area contributed by atoms with Crippen molar-refractivity contribution in [3.8, 4) is 11.1 Å². The van der Waals surface area contributed by atoms with Crippen LogP contribution in [-0.2, 0) is 0 Å². The number of hydrogen-bond donors (Lipinski definition) is 0. The minimum atomic E-state index is 0.758. The van der Waals surface area contributed by atoms with Gasteiger partial charge in [0.05, 0.1) is 0 Å². The van der Waals surface area contributed by atoms with Gasteiger partial charge in [-0.25, -0.2) is 0 Å². The van der Waals surface area contributed by atoms with Gasteiger partial charge in [0.15, 0.2) is 0 Å². The second-order valence-electron chi connectivity index (χ2n) is 7.76. The minimum absolute atomic E-state index is 0.758. The molecule has 2 heteroatoms. The number of likely N-dealkylation sites (tertiary alicyclic amines) is 1. The van der Waals surface area contributed by atoms with Crippen molar-refractivity contribution in [2.45, 2.75) is 64.5 Å². The highest BCUT2D eigenvalue weighted by molar-refractivity contribution is 5.66. The summed E-state index contributed by atoms with van der Waals surface area (Å²) in [6, 6.07) is 15.2. The van der Waals surface area contributed by atoms with Crippen molar-refractivity contribution in [1.29, 1.82) is 0 Å². The fourth-order valence-electron chi connectivity index (χ4n) is 4.56. The van der Waals surface area contributed by atoms with Crippen molar-refractivity contribution in [2.75, 3.05) is 6.54 Å². The molecule has 0 radical (unpaired) electrons.